The molecule has 1 aliphatic heterocycles. The highest BCUT2D eigenvalue weighted by molar-refractivity contribution is 7.99. The summed E-state index contributed by atoms with van der Waals surface area (Å²) in [5.41, 5.74) is 12.4. The maximum absolute atomic E-state index is 12.2. The van der Waals surface area contributed by atoms with Crippen LogP contribution in [0, 0.1) is 0 Å². The van der Waals surface area contributed by atoms with E-state index in [1.165, 1.54) is 12.1 Å². The predicted octanol–water partition coefficient (Wildman–Crippen LogP) is 15.2. The van der Waals surface area contributed by atoms with Gasteiger partial charge in [0.1, 0.15) is 23.0 Å². The van der Waals surface area contributed by atoms with Crippen molar-refractivity contribution in [1.82, 2.24) is 0 Å². The first-order valence-corrected chi connectivity index (χ1v) is 24.6. The Hall–Kier alpha value is -8.16. The maximum atomic E-state index is 12.2. The van der Waals surface area contributed by atoms with Gasteiger partial charge in [0.25, 0.3) is 10.1 Å². The number of fused-ring (bicyclic) bond motifs is 2. The van der Waals surface area contributed by atoms with Crippen molar-refractivity contribution in [1.29, 1.82) is 0 Å². The van der Waals surface area contributed by atoms with Crippen molar-refractivity contribution in [3.8, 4) is 45.3 Å². The second-order valence-electron chi connectivity index (χ2n) is 16.3. The van der Waals surface area contributed by atoms with Gasteiger partial charge in [-0.25, -0.2) is 0 Å². The second kappa shape index (κ2) is 19.4. The van der Waals surface area contributed by atoms with Crippen LogP contribution in [-0.4, -0.2) is 41.4 Å². The molecule has 0 spiro atoms. The van der Waals surface area contributed by atoms with Crippen LogP contribution < -0.4 is 33.6 Å². The van der Waals surface area contributed by atoms with E-state index in [2.05, 4.69) is 99.6 Å². The summed E-state index contributed by atoms with van der Waals surface area (Å²) < 4.78 is 56.1. The highest BCUT2D eigenvalue weighted by Gasteiger charge is 2.27. The number of rotatable bonds is 14. The number of ether oxygens (including phenoxy) is 4. The first kappa shape index (κ1) is 45.6. The molecular weight excluding hydrogens is 915 g/mol. The summed E-state index contributed by atoms with van der Waals surface area (Å²) in [5, 5.41) is 0. The molecule has 0 bridgehead atoms. The quantitative estimate of drug-likeness (QED) is 0.105. The van der Waals surface area contributed by atoms with Crippen LogP contribution in [-0.2, 0) is 10.1 Å². The lowest BCUT2D eigenvalue weighted by molar-refractivity contribution is 0.414. The summed E-state index contributed by atoms with van der Waals surface area (Å²) >= 11 is 1.68. The zero-order chi connectivity index (χ0) is 48.4. The molecule has 0 aromatic heterocycles. The molecule has 348 valence electrons. The third kappa shape index (κ3) is 9.23. The van der Waals surface area contributed by atoms with Gasteiger partial charge in [-0.1, -0.05) is 48.2 Å². The van der Waals surface area contributed by atoms with E-state index in [4.69, 9.17) is 18.9 Å². The summed E-state index contributed by atoms with van der Waals surface area (Å²) in [7, 11) is 2.23. The molecule has 12 heteroatoms. The predicted molar refractivity (Wildman–Crippen MR) is 282 cm³/mol. The molecule has 10 rings (SSSR count). The van der Waals surface area contributed by atoms with Crippen LogP contribution in [0.2, 0.25) is 0 Å². The molecule has 0 saturated heterocycles. The number of hydrogen-bond acceptors (Lipinski definition) is 10. The van der Waals surface area contributed by atoms with Crippen LogP contribution in [0.5, 0.6) is 23.0 Å². The van der Waals surface area contributed by atoms with E-state index in [1.807, 2.05) is 97.1 Å². The molecule has 9 aromatic rings. The van der Waals surface area contributed by atoms with Crippen molar-refractivity contribution in [3.05, 3.63) is 206 Å². The number of nitrogens with zero attached hydrogens (tertiary/aromatic N) is 3. The van der Waals surface area contributed by atoms with Crippen molar-refractivity contribution in [2.45, 2.75) is 14.7 Å². The molecule has 0 atom stereocenters. The first-order valence-electron chi connectivity index (χ1n) is 22.3. The minimum absolute atomic E-state index is 0.178. The molecule has 9 aromatic carbocycles. The van der Waals surface area contributed by atoms with Crippen LogP contribution in [0.3, 0.4) is 0 Å². The fourth-order valence-corrected chi connectivity index (χ4v) is 10.1. The molecule has 0 saturated carbocycles. The summed E-state index contributed by atoms with van der Waals surface area (Å²) in [4.78, 5) is 8.42. The molecule has 1 N–H and O–H groups in total. The number of anilines is 9. The summed E-state index contributed by atoms with van der Waals surface area (Å²) in [5.74, 6) is 3.09. The lowest BCUT2D eigenvalue weighted by Gasteiger charge is -2.34. The van der Waals surface area contributed by atoms with E-state index in [0.29, 0.717) is 0 Å². The summed E-state index contributed by atoms with van der Waals surface area (Å²) in [6.45, 7) is 0. The van der Waals surface area contributed by atoms with E-state index in [1.54, 1.807) is 52.3 Å². The van der Waals surface area contributed by atoms with E-state index in [0.717, 1.165) is 106 Å². The van der Waals surface area contributed by atoms with Crippen molar-refractivity contribution >= 4 is 73.1 Å². The van der Waals surface area contributed by atoms with E-state index >= 15 is 0 Å². The molecule has 0 aliphatic carbocycles. The molecule has 10 nitrogen and oxygen atoms in total. The van der Waals surface area contributed by atoms with Gasteiger partial charge in [-0.05, 0) is 192 Å². The standard InChI is InChI=1S/C58H47N3O7S2/c1-65-50-25-15-45(16-26-50)59(46-17-27-51(66-2)28-18-46)43-11-5-39(6-12-43)41-9-35-57-55(37-41)61(49-23-33-54(34-24-49)70(62,63)64)56-38-42(10-36-58(56)69-57)40-7-13-44(14-8-40)60(47-19-29-52(67-3)30-20-47)48-21-31-53(68-4)32-22-48/h5-38H,1-4H3,(H,62,63,64). The molecule has 1 aliphatic rings. The monoisotopic (exact) mass is 961 g/mol. The Kier molecular flexibility index (Phi) is 12.7. The Morgan fingerprint density at radius 1 is 0.386 bits per heavy atom. The summed E-state index contributed by atoms with van der Waals surface area (Å²) in [6.07, 6.45) is 0. The number of benzene rings is 9. The van der Waals surface area contributed by atoms with Gasteiger partial charge in [0.2, 0.25) is 0 Å². The van der Waals surface area contributed by atoms with Crippen molar-refractivity contribution < 1.29 is 31.9 Å². The third-order valence-electron chi connectivity index (χ3n) is 12.3. The third-order valence-corrected chi connectivity index (χ3v) is 14.3. The first-order chi connectivity index (χ1) is 34.1. The largest absolute Gasteiger partial charge is 0.497 e. The highest BCUT2D eigenvalue weighted by atomic mass is 32.2. The molecule has 70 heavy (non-hydrogen) atoms. The zero-order valence-electron chi connectivity index (χ0n) is 38.7. The molecule has 0 radical (unpaired) electrons. The van der Waals surface area contributed by atoms with Crippen molar-refractivity contribution in [2.75, 3.05) is 43.1 Å². The van der Waals surface area contributed by atoms with Gasteiger partial charge in [0.15, 0.2) is 0 Å². The average molecular weight is 962 g/mol. The van der Waals surface area contributed by atoms with E-state index < -0.39 is 10.1 Å². The minimum Gasteiger partial charge on any atom is -0.497 e. The smallest absolute Gasteiger partial charge is 0.294 e. The normalized spacial score (nSPS) is 11.8. The Morgan fingerprint density at radius 2 is 0.671 bits per heavy atom. The molecule has 0 fully saturated rings. The Morgan fingerprint density at radius 3 is 0.957 bits per heavy atom. The van der Waals surface area contributed by atoms with Gasteiger partial charge >= 0.3 is 0 Å². The van der Waals surface area contributed by atoms with Crippen LogP contribution in [0.15, 0.2) is 221 Å². The highest BCUT2D eigenvalue weighted by Crippen LogP contribution is 2.53. The average Bonchev–Trinajstić information content (AvgIpc) is 3.41. The fourth-order valence-electron chi connectivity index (χ4n) is 8.64. The molecule has 0 amide bonds. The fraction of sp³-hybridized carbons (Fsp3) is 0.0690. The Labute approximate surface area is 412 Å². The van der Waals surface area contributed by atoms with Gasteiger partial charge in [-0.3, -0.25) is 4.55 Å². The molecule has 0 unspecified atom stereocenters. The lowest BCUT2D eigenvalue weighted by atomic mass is 10.0. The molecule has 1 heterocycles. The van der Waals surface area contributed by atoms with Gasteiger partial charge < -0.3 is 33.6 Å². The maximum Gasteiger partial charge on any atom is 0.294 e. The zero-order valence-corrected chi connectivity index (χ0v) is 40.3. The van der Waals surface area contributed by atoms with Crippen molar-refractivity contribution in [2.24, 2.45) is 0 Å². The number of methoxy groups -OCH3 is 4. The van der Waals surface area contributed by atoms with E-state index in [-0.39, 0.29) is 4.90 Å². The van der Waals surface area contributed by atoms with Crippen LogP contribution in [0.25, 0.3) is 22.3 Å². The second-order valence-corrected chi connectivity index (χ2v) is 18.8. The lowest BCUT2D eigenvalue weighted by Crippen LogP contribution is -2.15. The van der Waals surface area contributed by atoms with Gasteiger partial charge in [0, 0.05) is 49.6 Å². The SMILES string of the molecule is COc1ccc(N(c2ccc(OC)cc2)c2ccc(-c3ccc4c(c3)N(c3ccc(S(=O)(=O)O)cc3)c3cc(-c5ccc(N(c6ccc(OC)cc6)c6ccc(OC)cc6)cc5)ccc3S4)cc2)cc1. The van der Waals surface area contributed by atoms with E-state index in [9.17, 15) is 13.0 Å². The number of hydrogen-bond donors (Lipinski definition) is 1. The topological polar surface area (TPSA) is 101 Å². The Bertz CT molecular complexity index is 3100. The summed E-state index contributed by atoms with van der Waals surface area (Å²) in [6, 6.07) is 68.1. The van der Waals surface area contributed by atoms with Gasteiger partial charge in [0.05, 0.1) is 44.7 Å². The van der Waals surface area contributed by atoms with Crippen molar-refractivity contribution in [3.63, 3.8) is 0 Å². The van der Waals surface area contributed by atoms with Crippen LogP contribution >= 0.6 is 11.8 Å². The minimum atomic E-state index is -4.41. The Balaban J connectivity index is 1.01. The van der Waals surface area contributed by atoms with Gasteiger partial charge in [-0.15, -0.1) is 0 Å². The molecular formula is C58H47N3O7S2. The van der Waals surface area contributed by atoms with Crippen LogP contribution in [0.1, 0.15) is 0 Å². The van der Waals surface area contributed by atoms with Gasteiger partial charge in [-0.2, -0.15) is 8.42 Å². The van der Waals surface area contributed by atoms with Crippen LogP contribution in [0.4, 0.5) is 51.2 Å².